The molecule has 1 amide bonds. The van der Waals surface area contributed by atoms with Crippen molar-refractivity contribution in [1.82, 2.24) is 9.78 Å². The van der Waals surface area contributed by atoms with Crippen molar-refractivity contribution in [2.75, 3.05) is 16.8 Å². The number of fused-ring (bicyclic) bond motifs is 1. The molecule has 2 unspecified atom stereocenters. The molecule has 1 aromatic carbocycles. The number of sulfone groups is 1. The van der Waals surface area contributed by atoms with Crippen LogP contribution in [0.15, 0.2) is 18.2 Å². The van der Waals surface area contributed by atoms with Crippen LogP contribution in [0, 0.1) is 17.7 Å². The smallest absolute Gasteiger partial charge is 0.261 e. The van der Waals surface area contributed by atoms with Gasteiger partial charge in [0.1, 0.15) is 17.2 Å². The van der Waals surface area contributed by atoms with E-state index in [9.17, 15) is 22.7 Å². The quantitative estimate of drug-likeness (QED) is 0.542. The molecule has 11 heteroatoms. The third-order valence-electron chi connectivity index (χ3n) is 7.43. The van der Waals surface area contributed by atoms with Crippen LogP contribution in [0.4, 0.5) is 15.9 Å². The lowest BCUT2D eigenvalue weighted by Gasteiger charge is -2.29. The van der Waals surface area contributed by atoms with Crippen LogP contribution >= 0.6 is 11.6 Å². The zero-order valence-corrected chi connectivity index (χ0v) is 21.9. The lowest BCUT2D eigenvalue weighted by atomic mass is 9.92. The number of nitrogens with two attached hydrogens (primary N) is 1. The molecule has 192 valence electrons. The number of halogens is 2. The number of rotatable bonds is 5. The van der Waals surface area contributed by atoms with E-state index < -0.39 is 31.9 Å². The summed E-state index contributed by atoms with van der Waals surface area (Å²) in [4.78, 5) is 13.1. The van der Waals surface area contributed by atoms with Gasteiger partial charge < -0.3 is 16.2 Å². The molecule has 0 spiro atoms. The first-order chi connectivity index (χ1) is 16.1. The van der Waals surface area contributed by atoms with Crippen molar-refractivity contribution in [2.24, 2.45) is 18.9 Å². The number of anilines is 2. The zero-order valence-electron chi connectivity index (χ0n) is 20.3. The number of carbonyl (C=O) groups excluding carboxylic acids is 1. The van der Waals surface area contributed by atoms with Crippen LogP contribution in [0.25, 0.3) is 0 Å². The summed E-state index contributed by atoms with van der Waals surface area (Å²) in [5, 5.41) is 18.3. The van der Waals surface area contributed by atoms with Crippen molar-refractivity contribution in [1.29, 1.82) is 0 Å². The fourth-order valence-electron chi connectivity index (χ4n) is 5.53. The van der Waals surface area contributed by atoms with E-state index in [-0.39, 0.29) is 39.9 Å². The Morgan fingerprint density at radius 2 is 1.91 bits per heavy atom. The average molecular weight is 527 g/mol. The van der Waals surface area contributed by atoms with Crippen LogP contribution in [0.3, 0.4) is 0 Å². The molecule has 4 rings (SSSR count). The highest BCUT2D eigenvalue weighted by Gasteiger charge is 2.52. The molecule has 2 aliphatic carbocycles. The van der Waals surface area contributed by atoms with Crippen LogP contribution in [0.2, 0.25) is 5.02 Å². The summed E-state index contributed by atoms with van der Waals surface area (Å²) >= 11 is 5.83. The van der Waals surface area contributed by atoms with Gasteiger partial charge in [-0.1, -0.05) is 11.6 Å². The predicted octanol–water partition coefficient (Wildman–Crippen LogP) is 3.90. The molecule has 2 aromatic rings. The molecule has 0 saturated heterocycles. The number of nitrogens with one attached hydrogen (secondary N) is 1. The number of aryl methyl sites for hydroxylation is 1. The number of aliphatic hydroxyl groups is 1. The molecule has 2 aliphatic rings. The van der Waals surface area contributed by atoms with Crippen molar-refractivity contribution in [3.63, 3.8) is 0 Å². The monoisotopic (exact) mass is 526 g/mol. The number of nitrogen functional groups attached to an aromatic ring is 1. The lowest BCUT2D eigenvalue weighted by molar-refractivity contribution is 0.0607. The predicted molar refractivity (Wildman–Crippen MR) is 134 cm³/mol. The Hall–Kier alpha value is -2.17. The van der Waals surface area contributed by atoms with E-state index in [1.54, 1.807) is 27.8 Å². The first-order valence-electron chi connectivity index (χ1n) is 11.6. The van der Waals surface area contributed by atoms with Crippen molar-refractivity contribution < 1.29 is 22.7 Å². The maximum Gasteiger partial charge on any atom is 0.261 e. The Morgan fingerprint density at radius 3 is 2.46 bits per heavy atom. The number of amides is 1. The molecule has 4 N–H and O–H groups in total. The second kappa shape index (κ2) is 8.74. The fraction of sp³-hybridized carbons (Fsp3) is 0.583. The Morgan fingerprint density at radius 1 is 1.31 bits per heavy atom. The minimum atomic E-state index is -3.46. The first kappa shape index (κ1) is 25.9. The summed E-state index contributed by atoms with van der Waals surface area (Å²) in [5.41, 5.74) is 6.14. The molecule has 1 heterocycles. The van der Waals surface area contributed by atoms with Crippen LogP contribution in [-0.2, 0) is 16.9 Å². The Kier molecular flexibility index (Phi) is 6.47. The molecule has 0 bridgehead atoms. The molecular weight excluding hydrogens is 495 g/mol. The van der Waals surface area contributed by atoms with Crippen LogP contribution in [0.1, 0.15) is 68.4 Å². The van der Waals surface area contributed by atoms with Gasteiger partial charge in [0.25, 0.3) is 5.91 Å². The van der Waals surface area contributed by atoms with Gasteiger partial charge in [0.05, 0.1) is 26.8 Å². The molecule has 2 saturated carbocycles. The van der Waals surface area contributed by atoms with Gasteiger partial charge in [0, 0.05) is 18.7 Å². The van der Waals surface area contributed by atoms with Gasteiger partial charge in [-0.15, -0.1) is 0 Å². The highest BCUT2D eigenvalue weighted by molar-refractivity contribution is 7.92. The SMILES string of the molecule is Cn1nc(C2CC3CC(O)(CS(=O)(=O)C(C)(C)C)CC3C2)c(C(=O)Nc2ccc(F)c(Cl)c2)c1N. The summed E-state index contributed by atoms with van der Waals surface area (Å²) in [6.07, 6.45) is 2.17. The van der Waals surface area contributed by atoms with Gasteiger partial charge in [-0.3, -0.25) is 9.48 Å². The Balaban J connectivity index is 1.51. The van der Waals surface area contributed by atoms with E-state index in [0.29, 0.717) is 37.1 Å². The lowest BCUT2D eigenvalue weighted by Crippen LogP contribution is -2.42. The normalized spacial score (nSPS) is 26.7. The number of aromatic nitrogens is 2. The average Bonchev–Trinajstić information content (AvgIpc) is 3.32. The van der Waals surface area contributed by atoms with Gasteiger partial charge >= 0.3 is 0 Å². The molecule has 35 heavy (non-hydrogen) atoms. The maximum absolute atomic E-state index is 13.5. The molecule has 2 fully saturated rings. The summed E-state index contributed by atoms with van der Waals surface area (Å²) in [6, 6.07) is 3.91. The highest BCUT2D eigenvalue weighted by atomic mass is 35.5. The summed E-state index contributed by atoms with van der Waals surface area (Å²) in [5.74, 6) is -0.848. The van der Waals surface area contributed by atoms with Crippen molar-refractivity contribution in [3.8, 4) is 0 Å². The third kappa shape index (κ3) is 4.93. The maximum atomic E-state index is 13.5. The van der Waals surface area contributed by atoms with E-state index in [4.69, 9.17) is 17.3 Å². The molecule has 0 radical (unpaired) electrons. The Labute approximate surface area is 209 Å². The van der Waals surface area contributed by atoms with Gasteiger partial charge in [0.2, 0.25) is 0 Å². The highest BCUT2D eigenvalue weighted by Crippen LogP contribution is 2.54. The summed E-state index contributed by atoms with van der Waals surface area (Å²) < 4.78 is 39.4. The fourth-order valence-corrected chi connectivity index (χ4v) is 7.08. The molecule has 0 aliphatic heterocycles. The second-order valence-corrected chi connectivity index (χ2v) is 14.2. The largest absolute Gasteiger partial charge is 0.389 e. The molecular formula is C24H32ClFN4O4S. The second-order valence-electron chi connectivity index (χ2n) is 11.0. The third-order valence-corrected chi connectivity index (χ3v) is 10.5. The van der Waals surface area contributed by atoms with Crippen molar-refractivity contribution in [2.45, 2.75) is 62.7 Å². The topological polar surface area (TPSA) is 127 Å². The minimum absolute atomic E-state index is 0.0465. The van der Waals surface area contributed by atoms with Gasteiger partial charge in [-0.2, -0.15) is 5.10 Å². The van der Waals surface area contributed by atoms with Gasteiger partial charge in [-0.05, 0) is 76.5 Å². The van der Waals surface area contributed by atoms with E-state index in [1.807, 2.05) is 0 Å². The number of nitrogens with zero attached hydrogens (tertiary/aromatic N) is 2. The standard InChI is InChI=1S/C24H32ClFN4O4S/c1-23(2,3)35(33,34)12-24(32)10-14-7-13(8-15(14)11-24)20-19(21(27)30(4)29-20)22(31)28-16-5-6-18(26)17(25)9-16/h5-6,9,13-15,32H,7-8,10-12,27H2,1-4H3,(H,28,31). The number of benzene rings is 1. The number of carbonyl (C=O) groups is 1. The van der Waals surface area contributed by atoms with Crippen LogP contribution < -0.4 is 11.1 Å². The van der Waals surface area contributed by atoms with Gasteiger partial charge in [-0.25, -0.2) is 12.8 Å². The molecule has 2 atom stereocenters. The van der Waals surface area contributed by atoms with E-state index in [0.717, 1.165) is 0 Å². The summed E-state index contributed by atoms with van der Waals surface area (Å²) in [7, 11) is -1.80. The number of hydrogen-bond acceptors (Lipinski definition) is 6. The summed E-state index contributed by atoms with van der Waals surface area (Å²) in [6.45, 7) is 4.94. The van der Waals surface area contributed by atoms with Crippen molar-refractivity contribution in [3.05, 3.63) is 40.3 Å². The van der Waals surface area contributed by atoms with E-state index in [1.165, 1.54) is 22.9 Å². The zero-order chi connectivity index (χ0) is 25.9. The number of hydrogen-bond donors (Lipinski definition) is 3. The Bertz CT molecular complexity index is 1260. The van der Waals surface area contributed by atoms with Crippen LogP contribution in [-0.4, -0.2) is 45.3 Å². The first-order valence-corrected chi connectivity index (χ1v) is 13.7. The van der Waals surface area contributed by atoms with Crippen molar-refractivity contribution >= 4 is 38.9 Å². The molecule has 8 nitrogen and oxygen atoms in total. The van der Waals surface area contributed by atoms with E-state index >= 15 is 0 Å². The minimum Gasteiger partial charge on any atom is -0.389 e. The van der Waals surface area contributed by atoms with E-state index in [2.05, 4.69) is 10.4 Å². The van der Waals surface area contributed by atoms with Gasteiger partial charge in [0.15, 0.2) is 9.84 Å². The van der Waals surface area contributed by atoms with Crippen LogP contribution in [0.5, 0.6) is 0 Å². The molecule has 1 aromatic heterocycles.